The summed E-state index contributed by atoms with van der Waals surface area (Å²) < 4.78 is 14.2. The van der Waals surface area contributed by atoms with E-state index in [1.165, 1.54) is 12.1 Å². The monoisotopic (exact) mass is 350 g/mol. The highest BCUT2D eigenvalue weighted by Crippen LogP contribution is 2.30. The summed E-state index contributed by atoms with van der Waals surface area (Å²) in [5.74, 6) is 0.261. The third kappa shape index (κ3) is 2.49. The summed E-state index contributed by atoms with van der Waals surface area (Å²) in [5.41, 5.74) is 0.691. The van der Waals surface area contributed by atoms with E-state index < -0.39 is 5.82 Å². The van der Waals surface area contributed by atoms with Gasteiger partial charge in [0, 0.05) is 27.1 Å². The van der Waals surface area contributed by atoms with Crippen molar-refractivity contribution in [3.63, 3.8) is 0 Å². The molecule has 2 aromatic carbocycles. The first-order chi connectivity index (χ1) is 9.65. The number of halogens is 3. The highest BCUT2D eigenvalue weighted by molar-refractivity contribution is 9.10. The summed E-state index contributed by atoms with van der Waals surface area (Å²) in [4.78, 5) is 4.33. The molecule has 0 fully saturated rings. The van der Waals surface area contributed by atoms with Gasteiger partial charge in [0.05, 0.1) is 5.02 Å². The van der Waals surface area contributed by atoms with Gasteiger partial charge in [0.25, 0.3) is 0 Å². The first kappa shape index (κ1) is 13.3. The van der Waals surface area contributed by atoms with Crippen LogP contribution in [0.15, 0.2) is 53.1 Å². The molecule has 100 valence electrons. The Morgan fingerprint density at radius 1 is 1.10 bits per heavy atom. The molecular formula is C15H9BrClFN2. The van der Waals surface area contributed by atoms with Gasteiger partial charge in [-0.1, -0.05) is 39.7 Å². The van der Waals surface area contributed by atoms with E-state index in [4.69, 9.17) is 11.6 Å². The Hall–Kier alpha value is -1.65. The maximum absolute atomic E-state index is 13.2. The quantitative estimate of drug-likeness (QED) is 0.656. The van der Waals surface area contributed by atoms with Gasteiger partial charge in [-0.3, -0.25) is 0 Å². The van der Waals surface area contributed by atoms with Gasteiger partial charge in [0.2, 0.25) is 0 Å². The van der Waals surface area contributed by atoms with E-state index in [1.807, 2.05) is 24.3 Å². The summed E-state index contributed by atoms with van der Waals surface area (Å²) in [6.45, 7) is 0. The topological polar surface area (TPSA) is 24.9 Å². The fraction of sp³-hybridized carbons (Fsp3) is 0. The number of rotatable bonds is 2. The van der Waals surface area contributed by atoms with Crippen molar-refractivity contribution in [1.82, 2.24) is 4.98 Å². The zero-order valence-corrected chi connectivity index (χ0v) is 12.5. The van der Waals surface area contributed by atoms with E-state index in [0.717, 1.165) is 15.2 Å². The van der Waals surface area contributed by atoms with Gasteiger partial charge in [-0.25, -0.2) is 9.37 Å². The van der Waals surface area contributed by atoms with E-state index in [0.29, 0.717) is 11.5 Å². The van der Waals surface area contributed by atoms with Crippen LogP contribution in [0.5, 0.6) is 0 Å². The van der Waals surface area contributed by atoms with Crippen LogP contribution in [0, 0.1) is 5.82 Å². The Kier molecular flexibility index (Phi) is 3.59. The molecule has 1 heterocycles. The molecule has 5 heteroatoms. The van der Waals surface area contributed by atoms with Crippen LogP contribution in [-0.2, 0) is 0 Å². The third-order valence-corrected chi connectivity index (χ3v) is 3.92. The van der Waals surface area contributed by atoms with Crippen LogP contribution < -0.4 is 5.32 Å². The number of aromatic nitrogens is 1. The van der Waals surface area contributed by atoms with Crippen molar-refractivity contribution in [3.05, 3.63) is 64.0 Å². The summed E-state index contributed by atoms with van der Waals surface area (Å²) >= 11 is 9.29. The van der Waals surface area contributed by atoms with Gasteiger partial charge >= 0.3 is 0 Å². The number of fused-ring (bicyclic) bond motifs is 1. The third-order valence-electron chi connectivity index (χ3n) is 2.94. The molecule has 0 amide bonds. The van der Waals surface area contributed by atoms with Crippen LogP contribution >= 0.6 is 27.5 Å². The number of nitrogens with zero attached hydrogens (tertiary/aromatic N) is 1. The van der Waals surface area contributed by atoms with Crippen LogP contribution in [0.25, 0.3) is 10.8 Å². The number of anilines is 2. The van der Waals surface area contributed by atoms with Gasteiger partial charge in [0.15, 0.2) is 0 Å². The Balaban J connectivity index is 2.06. The number of nitrogens with one attached hydrogen (secondary N) is 1. The van der Waals surface area contributed by atoms with E-state index in [2.05, 4.69) is 26.2 Å². The second-order valence-electron chi connectivity index (χ2n) is 4.25. The second-order valence-corrected chi connectivity index (χ2v) is 5.51. The maximum atomic E-state index is 13.2. The van der Waals surface area contributed by atoms with Crippen molar-refractivity contribution in [2.75, 3.05) is 5.32 Å². The van der Waals surface area contributed by atoms with Crippen LogP contribution in [0.3, 0.4) is 0 Å². The van der Waals surface area contributed by atoms with Crippen molar-refractivity contribution < 1.29 is 4.39 Å². The summed E-state index contributed by atoms with van der Waals surface area (Å²) in [6.07, 6.45) is 1.72. The average molecular weight is 352 g/mol. The zero-order chi connectivity index (χ0) is 14.1. The molecule has 0 unspecified atom stereocenters. The van der Waals surface area contributed by atoms with Crippen molar-refractivity contribution in [3.8, 4) is 0 Å². The Bertz CT molecular complexity index is 792. The number of benzene rings is 2. The molecule has 3 rings (SSSR count). The summed E-state index contributed by atoms with van der Waals surface area (Å²) in [5, 5.41) is 5.27. The minimum Gasteiger partial charge on any atom is -0.340 e. The van der Waals surface area contributed by atoms with Gasteiger partial charge < -0.3 is 5.32 Å². The molecule has 1 aromatic heterocycles. The van der Waals surface area contributed by atoms with Crippen molar-refractivity contribution in [2.45, 2.75) is 0 Å². The molecule has 0 atom stereocenters. The number of hydrogen-bond donors (Lipinski definition) is 1. The SMILES string of the molecule is Fc1ccc(Nc2nccc3c(Br)cccc23)cc1Cl. The normalized spacial score (nSPS) is 10.8. The smallest absolute Gasteiger partial charge is 0.141 e. The molecule has 0 saturated carbocycles. The molecule has 0 radical (unpaired) electrons. The summed E-state index contributed by atoms with van der Waals surface area (Å²) in [6, 6.07) is 12.3. The van der Waals surface area contributed by atoms with Crippen molar-refractivity contribution in [1.29, 1.82) is 0 Å². The second kappa shape index (κ2) is 5.38. The van der Waals surface area contributed by atoms with Gasteiger partial charge in [-0.15, -0.1) is 0 Å². The van der Waals surface area contributed by atoms with Crippen LogP contribution in [-0.4, -0.2) is 4.98 Å². The zero-order valence-electron chi connectivity index (χ0n) is 10.2. The Labute approximate surface area is 128 Å². The Morgan fingerprint density at radius 3 is 2.75 bits per heavy atom. The van der Waals surface area contributed by atoms with Crippen molar-refractivity contribution in [2.24, 2.45) is 0 Å². The lowest BCUT2D eigenvalue weighted by Gasteiger charge is -2.10. The lowest BCUT2D eigenvalue weighted by Crippen LogP contribution is -1.95. The first-order valence-corrected chi connectivity index (χ1v) is 7.07. The molecule has 20 heavy (non-hydrogen) atoms. The van der Waals surface area contributed by atoms with E-state index in [1.54, 1.807) is 12.3 Å². The van der Waals surface area contributed by atoms with Crippen LogP contribution in [0.1, 0.15) is 0 Å². The largest absolute Gasteiger partial charge is 0.340 e. The number of pyridine rings is 1. The lowest BCUT2D eigenvalue weighted by molar-refractivity contribution is 0.628. The highest BCUT2D eigenvalue weighted by Gasteiger charge is 2.06. The molecule has 0 aliphatic heterocycles. The van der Waals surface area contributed by atoms with E-state index in [-0.39, 0.29) is 5.02 Å². The van der Waals surface area contributed by atoms with Crippen molar-refractivity contribution >= 4 is 49.8 Å². The molecule has 0 saturated heterocycles. The fourth-order valence-corrected chi connectivity index (χ4v) is 2.66. The highest BCUT2D eigenvalue weighted by atomic mass is 79.9. The molecule has 0 aliphatic rings. The molecular weight excluding hydrogens is 343 g/mol. The maximum Gasteiger partial charge on any atom is 0.141 e. The fourth-order valence-electron chi connectivity index (χ4n) is 1.98. The lowest BCUT2D eigenvalue weighted by atomic mass is 10.1. The van der Waals surface area contributed by atoms with E-state index >= 15 is 0 Å². The predicted octanol–water partition coefficient (Wildman–Crippen LogP) is 5.53. The average Bonchev–Trinajstić information content (AvgIpc) is 2.44. The minimum absolute atomic E-state index is 0.0800. The minimum atomic E-state index is -0.439. The Morgan fingerprint density at radius 2 is 1.95 bits per heavy atom. The first-order valence-electron chi connectivity index (χ1n) is 5.90. The van der Waals surface area contributed by atoms with Gasteiger partial charge in [0.1, 0.15) is 11.6 Å². The number of hydrogen-bond acceptors (Lipinski definition) is 2. The molecule has 0 bridgehead atoms. The molecule has 3 aromatic rings. The molecule has 0 aliphatic carbocycles. The predicted molar refractivity (Wildman–Crippen MR) is 84.1 cm³/mol. The molecule has 0 spiro atoms. The molecule has 1 N–H and O–H groups in total. The van der Waals surface area contributed by atoms with E-state index in [9.17, 15) is 4.39 Å². The van der Waals surface area contributed by atoms with Crippen LogP contribution in [0.4, 0.5) is 15.9 Å². The van der Waals surface area contributed by atoms with Gasteiger partial charge in [-0.05, 0) is 30.3 Å². The van der Waals surface area contributed by atoms with Crippen LogP contribution in [0.2, 0.25) is 5.02 Å². The summed E-state index contributed by atoms with van der Waals surface area (Å²) in [7, 11) is 0. The van der Waals surface area contributed by atoms with Gasteiger partial charge in [-0.2, -0.15) is 0 Å². The molecule has 2 nitrogen and oxygen atoms in total. The standard InChI is InChI=1S/C15H9BrClFN2/c16-12-3-1-2-11-10(12)6-7-19-15(11)20-9-4-5-14(18)13(17)8-9/h1-8H,(H,19,20).